The van der Waals surface area contributed by atoms with Crippen LogP contribution < -0.4 is 16.4 Å². The molecule has 8 nitrogen and oxygen atoms in total. The van der Waals surface area contributed by atoms with Crippen LogP contribution in [0.1, 0.15) is 43.5 Å². The number of carbonyl (C=O) groups is 3. The first kappa shape index (κ1) is 19.0. The highest BCUT2D eigenvalue weighted by Crippen LogP contribution is 2.17. The van der Waals surface area contributed by atoms with Crippen LogP contribution in [0, 0.1) is 6.92 Å². The number of nitrogens with two attached hydrogens (primary N) is 1. The molecule has 3 heterocycles. The predicted molar refractivity (Wildman–Crippen MR) is 101 cm³/mol. The highest BCUT2D eigenvalue weighted by atomic mass is 32.1. The second-order valence-corrected chi connectivity index (χ2v) is 7.76. The zero-order valence-corrected chi connectivity index (χ0v) is 15.8. The van der Waals surface area contributed by atoms with Gasteiger partial charge >= 0.3 is 6.03 Å². The molecule has 1 aliphatic heterocycles. The van der Waals surface area contributed by atoms with Gasteiger partial charge in [0.25, 0.3) is 11.8 Å². The number of hydrogen-bond acceptors (Lipinski definition) is 5. The molecule has 144 valence electrons. The first-order chi connectivity index (χ1) is 12.9. The second kappa shape index (κ2) is 8.26. The fourth-order valence-electron chi connectivity index (χ4n) is 2.92. The molecule has 0 unspecified atom stereocenters. The number of thiophene rings is 1. The molecule has 3 rings (SSSR count). The molecule has 27 heavy (non-hydrogen) atoms. The number of nitrogens with one attached hydrogen (secondary N) is 2. The summed E-state index contributed by atoms with van der Waals surface area (Å²) in [5, 5.41) is 5.79. The van der Waals surface area contributed by atoms with Crippen molar-refractivity contribution < 1.29 is 18.8 Å². The van der Waals surface area contributed by atoms with Crippen LogP contribution in [0.15, 0.2) is 28.9 Å². The van der Waals surface area contributed by atoms with Crippen LogP contribution >= 0.6 is 11.3 Å². The summed E-state index contributed by atoms with van der Waals surface area (Å²) in [5.41, 5.74) is 5.44. The molecule has 0 radical (unpaired) electrons. The molecule has 1 fully saturated rings. The van der Waals surface area contributed by atoms with Crippen LogP contribution in [0.25, 0.3) is 0 Å². The quantitative estimate of drug-likeness (QED) is 0.722. The lowest BCUT2D eigenvalue weighted by molar-refractivity contribution is 0.0921. The van der Waals surface area contributed by atoms with E-state index in [1.807, 2.05) is 19.1 Å². The third-order valence-electron chi connectivity index (χ3n) is 4.43. The SMILES string of the molecule is Cc1ccc(C(=O)NC2CCN(C(=O)NCc3cc(C(N)=O)co3)CC2)s1. The second-order valence-electron chi connectivity index (χ2n) is 6.47. The molecule has 1 aliphatic rings. The highest BCUT2D eigenvalue weighted by Gasteiger charge is 2.24. The van der Waals surface area contributed by atoms with E-state index in [-0.39, 0.29) is 30.1 Å². The van der Waals surface area contributed by atoms with Gasteiger partial charge in [-0.2, -0.15) is 0 Å². The van der Waals surface area contributed by atoms with E-state index < -0.39 is 5.91 Å². The number of likely N-dealkylation sites (tertiary alicyclic amines) is 1. The summed E-state index contributed by atoms with van der Waals surface area (Å²) in [5.74, 6) is -0.164. The molecule has 0 saturated carbocycles. The van der Waals surface area contributed by atoms with Crippen molar-refractivity contribution >= 4 is 29.2 Å². The number of rotatable bonds is 5. The van der Waals surface area contributed by atoms with E-state index in [2.05, 4.69) is 10.6 Å². The van der Waals surface area contributed by atoms with Gasteiger partial charge in [0, 0.05) is 24.0 Å². The predicted octanol–water partition coefficient (Wildman–Crippen LogP) is 1.85. The first-order valence-corrected chi connectivity index (χ1v) is 9.51. The monoisotopic (exact) mass is 390 g/mol. The lowest BCUT2D eigenvalue weighted by Gasteiger charge is -2.32. The summed E-state index contributed by atoms with van der Waals surface area (Å²) in [6.07, 6.45) is 2.68. The van der Waals surface area contributed by atoms with Crippen LogP contribution in [0.2, 0.25) is 0 Å². The van der Waals surface area contributed by atoms with E-state index in [9.17, 15) is 14.4 Å². The van der Waals surface area contributed by atoms with Crippen molar-refractivity contribution in [1.82, 2.24) is 15.5 Å². The summed E-state index contributed by atoms with van der Waals surface area (Å²) >= 11 is 1.47. The summed E-state index contributed by atoms with van der Waals surface area (Å²) in [4.78, 5) is 39.0. The van der Waals surface area contributed by atoms with Gasteiger partial charge in [-0.1, -0.05) is 0 Å². The number of nitrogens with zero attached hydrogens (tertiary/aromatic N) is 1. The van der Waals surface area contributed by atoms with Gasteiger partial charge in [0.2, 0.25) is 0 Å². The Balaban J connectivity index is 1.42. The van der Waals surface area contributed by atoms with Crippen molar-refractivity contribution in [3.8, 4) is 0 Å². The number of primary amides is 1. The maximum Gasteiger partial charge on any atom is 0.317 e. The molecule has 9 heteroatoms. The van der Waals surface area contributed by atoms with E-state index in [0.717, 1.165) is 4.88 Å². The van der Waals surface area contributed by atoms with E-state index in [0.29, 0.717) is 36.6 Å². The Labute approximate surface area is 160 Å². The van der Waals surface area contributed by atoms with Gasteiger partial charge in [-0.25, -0.2) is 4.79 Å². The van der Waals surface area contributed by atoms with Crippen LogP contribution in [-0.2, 0) is 6.54 Å². The molecule has 0 aromatic carbocycles. The van der Waals surface area contributed by atoms with E-state index >= 15 is 0 Å². The lowest BCUT2D eigenvalue weighted by atomic mass is 10.1. The number of hydrogen-bond donors (Lipinski definition) is 3. The Hall–Kier alpha value is -2.81. The third kappa shape index (κ3) is 4.88. The summed E-state index contributed by atoms with van der Waals surface area (Å²) in [6, 6.07) is 5.13. The van der Waals surface area contributed by atoms with Gasteiger partial charge < -0.3 is 25.7 Å². The standard InChI is InChI=1S/C18H22N4O4S/c1-11-2-3-15(27-11)17(24)21-13-4-6-22(7-5-13)18(25)20-9-14-8-12(10-26-14)16(19)23/h2-3,8,10,13H,4-7,9H2,1H3,(H2,19,23)(H,20,25)(H,21,24). The van der Waals surface area contributed by atoms with Crippen molar-refractivity contribution in [3.05, 3.63) is 45.5 Å². The number of amides is 4. The average molecular weight is 390 g/mol. The topological polar surface area (TPSA) is 118 Å². The van der Waals surface area contributed by atoms with E-state index in [1.54, 1.807) is 4.90 Å². The number of aryl methyl sites for hydroxylation is 1. The molecule has 0 bridgehead atoms. The minimum Gasteiger partial charge on any atom is -0.467 e. The molecule has 2 aromatic heterocycles. The normalized spacial score (nSPS) is 14.8. The highest BCUT2D eigenvalue weighted by molar-refractivity contribution is 7.13. The van der Waals surface area contributed by atoms with Crippen LogP contribution in [0.4, 0.5) is 4.79 Å². The molecule has 2 aromatic rings. The minimum atomic E-state index is -0.571. The summed E-state index contributed by atoms with van der Waals surface area (Å²) in [7, 11) is 0. The Morgan fingerprint density at radius 1 is 1.30 bits per heavy atom. The molecule has 0 aliphatic carbocycles. The van der Waals surface area contributed by atoms with Gasteiger partial charge in [-0.05, 0) is 38.0 Å². The fraction of sp³-hybridized carbons (Fsp3) is 0.389. The number of furan rings is 1. The average Bonchev–Trinajstić information content (AvgIpc) is 3.29. The van der Waals surface area contributed by atoms with Gasteiger partial charge in [0.05, 0.1) is 17.0 Å². The maximum absolute atomic E-state index is 12.3. The van der Waals surface area contributed by atoms with Crippen molar-refractivity contribution in [2.45, 2.75) is 32.4 Å². The Kier molecular flexibility index (Phi) is 5.80. The number of carbonyl (C=O) groups excluding carboxylic acids is 3. The first-order valence-electron chi connectivity index (χ1n) is 8.69. The molecule has 4 amide bonds. The van der Waals surface area contributed by atoms with Crippen molar-refractivity contribution in [2.24, 2.45) is 5.73 Å². The van der Waals surface area contributed by atoms with Crippen molar-refractivity contribution in [1.29, 1.82) is 0 Å². The maximum atomic E-state index is 12.3. The Morgan fingerprint density at radius 2 is 2.04 bits per heavy atom. The molecule has 1 saturated heterocycles. The smallest absolute Gasteiger partial charge is 0.317 e. The summed E-state index contributed by atoms with van der Waals surface area (Å²) < 4.78 is 5.19. The third-order valence-corrected chi connectivity index (χ3v) is 5.43. The summed E-state index contributed by atoms with van der Waals surface area (Å²) in [6.45, 7) is 3.27. The molecule has 0 atom stereocenters. The van der Waals surface area contributed by atoms with Crippen molar-refractivity contribution in [3.63, 3.8) is 0 Å². The van der Waals surface area contributed by atoms with Crippen LogP contribution in [-0.4, -0.2) is 41.9 Å². The fourth-order valence-corrected chi connectivity index (χ4v) is 3.69. The van der Waals surface area contributed by atoms with Gasteiger partial charge in [-0.15, -0.1) is 11.3 Å². The number of urea groups is 1. The Morgan fingerprint density at radius 3 is 2.63 bits per heavy atom. The van der Waals surface area contributed by atoms with Gasteiger partial charge in [0.15, 0.2) is 0 Å². The van der Waals surface area contributed by atoms with E-state index in [1.165, 1.54) is 23.7 Å². The van der Waals surface area contributed by atoms with E-state index in [4.69, 9.17) is 10.2 Å². The van der Waals surface area contributed by atoms with Crippen molar-refractivity contribution in [2.75, 3.05) is 13.1 Å². The zero-order valence-electron chi connectivity index (χ0n) is 15.0. The lowest BCUT2D eigenvalue weighted by Crippen LogP contribution is -2.49. The molecular weight excluding hydrogens is 368 g/mol. The minimum absolute atomic E-state index is 0.0564. The molecule has 0 spiro atoms. The number of piperidine rings is 1. The molecule has 4 N–H and O–H groups in total. The van der Waals surface area contributed by atoms with Crippen LogP contribution in [0.3, 0.4) is 0 Å². The Bertz CT molecular complexity index is 836. The largest absolute Gasteiger partial charge is 0.467 e. The molecular formula is C18H22N4O4S. The van der Waals surface area contributed by atoms with Gasteiger partial charge in [-0.3, -0.25) is 9.59 Å². The zero-order chi connectivity index (χ0) is 19.4. The van der Waals surface area contributed by atoms with Gasteiger partial charge in [0.1, 0.15) is 12.0 Å². The van der Waals surface area contributed by atoms with Crippen LogP contribution in [0.5, 0.6) is 0 Å².